The molecule has 0 unspecified atom stereocenters. The zero-order valence-electron chi connectivity index (χ0n) is 68.7. The number of primary sulfonamides is 1. The molecule has 0 atom stereocenters. The molecule has 126 heavy (non-hydrogen) atoms. The Balaban J connectivity index is 1.25. The molecule has 0 radical (unpaired) electrons. The highest BCUT2D eigenvalue weighted by molar-refractivity contribution is 7.89. The summed E-state index contributed by atoms with van der Waals surface area (Å²) in [4.78, 5) is 243. The van der Waals surface area contributed by atoms with Gasteiger partial charge >= 0.3 is 15.2 Å². The molecule has 1 aromatic heterocycles. The minimum absolute atomic E-state index is 0.0446. The minimum atomic E-state index is -4.89. The molecule has 678 valence electrons. The van der Waals surface area contributed by atoms with Crippen LogP contribution < -0.4 is 16.2 Å². The van der Waals surface area contributed by atoms with Gasteiger partial charge in [-0.25, -0.2) is 13.6 Å². The molecule has 0 saturated carbocycles. The van der Waals surface area contributed by atoms with E-state index in [9.17, 15) is 102 Å². The number of carbonyl (C=O) groups is 10. The Labute approximate surface area is 727 Å². The lowest BCUT2D eigenvalue weighted by molar-refractivity contribution is -0.385. The van der Waals surface area contributed by atoms with Gasteiger partial charge in [-0.15, -0.1) is 0 Å². The third-order valence-corrected chi connectivity index (χ3v) is 22.5. The van der Waals surface area contributed by atoms with Crippen molar-refractivity contribution in [2.24, 2.45) is 16.8 Å². The van der Waals surface area contributed by atoms with Gasteiger partial charge in [0.2, 0.25) is 69.1 Å². The number of non-ortho nitro benzene ring substituents is 4. The number of H-pyrrole nitrogens is 1. The Bertz CT molecular complexity index is 5260. The average Bonchev–Trinajstić information content (AvgIpc) is 1.63. The quantitative estimate of drug-likeness (QED) is 0.0151. The highest BCUT2D eigenvalue weighted by Gasteiger charge is 2.34. The van der Waals surface area contributed by atoms with Crippen LogP contribution in [0, 0.1) is 46.4 Å². The SMILES string of the molecule is CC(C)CCN(CC(=O)N(CCS(N)(=O)=O)CC(=O)N(CC(N)=O)Cc1ccc([N+](=O)[O-])cc1)C(=O)CN(CCCP(=O)(O)O)C(=O)CN(Cc1ccc([N+](=O)[O-])cc1)C(=O)CN(CCc1c[nH]c2cc(Cl)ccc12)C(=O)CN(CCCP(=O)(O)O)C(=O)CN(Cc1ccc([N+](=O)[O-])cc1)C(=O)CN(CCc1ccccc1)C(=O)CNCc1ccc([N+](=O)[O-])cc1. The van der Waals surface area contributed by atoms with Crippen molar-refractivity contribution in [2.75, 3.05) is 123 Å². The van der Waals surface area contributed by atoms with Crippen molar-refractivity contribution in [1.29, 1.82) is 0 Å². The number of nitro benzene ring substituents is 4. The maximum absolute atomic E-state index is 15.6. The Morgan fingerprint density at radius 3 is 1.16 bits per heavy atom. The molecular weight excluding hydrogens is 1730 g/mol. The van der Waals surface area contributed by atoms with Crippen molar-refractivity contribution < 1.29 is 105 Å². The van der Waals surface area contributed by atoms with Gasteiger partial charge in [-0.2, -0.15) is 0 Å². The number of hydrogen-bond acceptors (Lipinski definition) is 23. The lowest BCUT2D eigenvalue weighted by atomic mass is 10.1. The number of nitrogens with one attached hydrogen (secondary N) is 2. The second kappa shape index (κ2) is 47.6. The first-order chi connectivity index (χ1) is 59.3. The maximum atomic E-state index is 15.6. The van der Waals surface area contributed by atoms with Crippen molar-refractivity contribution in [3.05, 3.63) is 231 Å². The predicted octanol–water partition coefficient (Wildman–Crippen LogP) is 4.04. The summed E-state index contributed by atoms with van der Waals surface area (Å²) >= 11 is 6.35. The number of primary amides is 1. The molecule has 47 heteroatoms. The zero-order chi connectivity index (χ0) is 92.8. The molecule has 0 aliphatic carbocycles. The number of amides is 10. The summed E-state index contributed by atoms with van der Waals surface area (Å²) in [5.41, 5.74) is 7.20. The number of benzene rings is 6. The second-order valence-electron chi connectivity index (χ2n) is 29.9. The summed E-state index contributed by atoms with van der Waals surface area (Å²) in [5.74, 6) is -11.2. The fourth-order valence-corrected chi connectivity index (χ4v) is 14.6. The number of aromatic amines is 1. The van der Waals surface area contributed by atoms with Crippen LogP contribution in [-0.4, -0.2) is 279 Å². The van der Waals surface area contributed by atoms with E-state index in [1.807, 2.05) is 0 Å². The minimum Gasteiger partial charge on any atom is -0.368 e. The number of rotatable bonds is 52. The van der Waals surface area contributed by atoms with Crippen LogP contribution in [0.4, 0.5) is 22.7 Å². The number of nitrogens with two attached hydrogens (primary N) is 2. The average molecular weight is 1830 g/mol. The molecule has 7 aromatic rings. The topological polar surface area (TPSA) is 601 Å². The number of fused-ring (bicyclic) bond motifs is 1. The number of halogens is 1. The van der Waals surface area contributed by atoms with Gasteiger partial charge < -0.3 is 79.7 Å². The largest absolute Gasteiger partial charge is 0.368 e. The van der Waals surface area contributed by atoms with E-state index in [0.717, 1.165) is 81.2 Å². The molecule has 0 bridgehead atoms. The van der Waals surface area contributed by atoms with Crippen LogP contribution in [0.15, 0.2) is 152 Å². The van der Waals surface area contributed by atoms with Gasteiger partial charge in [0.25, 0.3) is 22.7 Å². The van der Waals surface area contributed by atoms with Gasteiger partial charge in [0.05, 0.1) is 90.1 Å². The molecule has 10 amide bonds. The van der Waals surface area contributed by atoms with E-state index in [2.05, 4.69) is 10.3 Å². The Morgan fingerprint density at radius 1 is 0.444 bits per heavy atom. The van der Waals surface area contributed by atoms with E-state index in [4.69, 9.17) is 22.5 Å². The second-order valence-corrected chi connectivity index (χ2v) is 35.7. The van der Waals surface area contributed by atoms with E-state index in [1.165, 1.54) is 65.6 Å². The van der Waals surface area contributed by atoms with Crippen LogP contribution in [0.3, 0.4) is 0 Å². The maximum Gasteiger partial charge on any atom is 0.325 e. The third kappa shape index (κ3) is 34.6. The van der Waals surface area contributed by atoms with Gasteiger partial charge in [0.15, 0.2) is 0 Å². The number of hydrogen-bond donors (Lipinski definition) is 8. The van der Waals surface area contributed by atoms with E-state index in [1.54, 1.807) is 68.6 Å². The predicted molar refractivity (Wildman–Crippen MR) is 457 cm³/mol. The van der Waals surface area contributed by atoms with Crippen molar-refractivity contribution in [3.63, 3.8) is 0 Å². The Hall–Kier alpha value is -12.4. The standard InChI is InChI=1S/C79H98ClN17O26P2S/c1-56(2)28-33-88(50-74(102)90(36-39-126(82,122)123)53-77(105)91(47-70(81)98)44-59-12-21-65(22-13-59)95(110)111)72(100)48-85(31-6-37-124(116,117)118)76(104)55-93(46-61-16-25-67(26-17-61)97(114)115)79(107)52-89(35-30-62-42-84-69-40-63(80)18-27-68(62)69)73(101)49-86(32-7-38-125(119,120)121)75(103)54-92(45-60-14-23-66(24-15-60)96(112)113)78(106)51-87(34-29-57-8-4-3-5-9-57)71(99)43-83-41-58-10-19-64(20-11-58)94(108)109/h3-5,8-27,40,42,56,83-84H,6-7,28-39,41,43-55H2,1-2H3,(H2,81,98)(H2,82,122,123)(H2,116,117,118)(H2,119,120,121). The van der Waals surface area contributed by atoms with Crippen LogP contribution in [0.1, 0.15) is 66.5 Å². The highest BCUT2D eigenvalue weighted by atomic mass is 35.5. The first-order valence-electron chi connectivity index (χ1n) is 39.2. The first kappa shape index (κ1) is 101. The lowest BCUT2D eigenvalue weighted by Gasteiger charge is -2.33. The molecule has 1 heterocycles. The third-order valence-electron chi connectivity index (χ3n) is 19.7. The molecule has 43 nitrogen and oxygen atoms in total. The van der Waals surface area contributed by atoms with Gasteiger partial charge in [0, 0.05) is 136 Å². The van der Waals surface area contributed by atoms with Crippen LogP contribution in [0.5, 0.6) is 0 Å². The smallest absolute Gasteiger partial charge is 0.325 e. The highest BCUT2D eigenvalue weighted by Crippen LogP contribution is 2.36. The first-order valence-corrected chi connectivity index (χ1v) is 44.9. The monoisotopic (exact) mass is 1830 g/mol. The van der Waals surface area contributed by atoms with Crippen LogP contribution in [0.25, 0.3) is 10.9 Å². The Morgan fingerprint density at radius 2 is 0.786 bits per heavy atom. The van der Waals surface area contributed by atoms with Gasteiger partial charge in [-0.3, -0.25) is 97.5 Å². The summed E-state index contributed by atoms with van der Waals surface area (Å²) in [6.07, 6.45) is -0.933. The summed E-state index contributed by atoms with van der Waals surface area (Å²) < 4.78 is 49.8. The fraction of sp³-hybridized carbons (Fsp3) is 0.392. The normalized spacial score (nSPS) is 11.5. The van der Waals surface area contributed by atoms with Crippen molar-refractivity contribution in [3.8, 4) is 0 Å². The van der Waals surface area contributed by atoms with Crippen LogP contribution in [0.2, 0.25) is 5.02 Å². The summed E-state index contributed by atoms with van der Waals surface area (Å²) in [6.45, 7) is -9.70. The number of sulfonamides is 1. The van der Waals surface area contributed by atoms with Gasteiger partial charge in [-0.05, 0) is 83.5 Å². The molecule has 7 rings (SSSR count). The fourth-order valence-electron chi connectivity index (χ4n) is 12.9. The van der Waals surface area contributed by atoms with Crippen molar-refractivity contribution in [2.45, 2.75) is 72.1 Å². The van der Waals surface area contributed by atoms with Crippen LogP contribution >= 0.6 is 26.8 Å². The number of aromatic nitrogens is 1. The molecule has 10 N–H and O–H groups in total. The van der Waals surface area contributed by atoms with Crippen molar-refractivity contribution in [1.82, 2.24) is 54.4 Å². The number of nitro groups is 4. The molecule has 6 aromatic carbocycles. The molecule has 0 saturated heterocycles. The molecule has 0 spiro atoms. The number of nitrogens with zero attached hydrogens (tertiary/aromatic N) is 13. The molecule has 0 aliphatic heterocycles. The summed E-state index contributed by atoms with van der Waals surface area (Å²) in [5, 5.41) is 55.7. The summed E-state index contributed by atoms with van der Waals surface area (Å²) in [6, 6.07) is 33.4. The van der Waals surface area contributed by atoms with E-state index >= 15 is 24.0 Å². The van der Waals surface area contributed by atoms with Gasteiger partial charge in [0.1, 0.15) is 13.1 Å². The van der Waals surface area contributed by atoms with E-state index in [-0.39, 0.29) is 85.1 Å². The molecular formula is C79H98ClN17O26P2S. The zero-order valence-corrected chi connectivity index (χ0v) is 72.1. The number of carbonyl (C=O) groups excluding carboxylic acids is 10. The van der Waals surface area contributed by atoms with E-state index in [0.29, 0.717) is 27.1 Å². The molecule has 0 fully saturated rings. The Kier molecular flexibility index (Phi) is 38.1. The molecule has 0 aliphatic rings. The summed E-state index contributed by atoms with van der Waals surface area (Å²) in [7, 11) is -14.2. The van der Waals surface area contributed by atoms with Crippen molar-refractivity contribution >= 4 is 130 Å². The van der Waals surface area contributed by atoms with Gasteiger partial charge in [-0.1, -0.05) is 110 Å². The lowest BCUT2D eigenvalue weighted by Crippen LogP contribution is -2.53. The van der Waals surface area contributed by atoms with E-state index < -0.39 is 245 Å². The van der Waals surface area contributed by atoms with Crippen LogP contribution in [-0.2, 0) is 106 Å².